The predicted molar refractivity (Wildman–Crippen MR) is 92.7 cm³/mol. The Morgan fingerprint density at radius 3 is 2.64 bits per heavy atom. The normalized spacial score (nSPS) is 15.6. The molecule has 22 heavy (non-hydrogen) atoms. The fourth-order valence-electron chi connectivity index (χ4n) is 2.78. The fourth-order valence-corrected chi connectivity index (χ4v) is 3.07. The van der Waals surface area contributed by atoms with Crippen LogP contribution in [0.15, 0.2) is 0 Å². The SMILES string of the molecule is CCNc1nc(CC)c(CCl)c(NC2CCOCC2)c1C=N. The van der Waals surface area contributed by atoms with E-state index in [1.54, 1.807) is 0 Å². The first kappa shape index (κ1) is 17.0. The Bertz CT molecular complexity index is 515. The summed E-state index contributed by atoms with van der Waals surface area (Å²) in [5.74, 6) is 1.16. The molecule has 1 aliphatic rings. The largest absolute Gasteiger partial charge is 0.381 e. The molecular weight excluding hydrogens is 300 g/mol. The molecule has 1 aromatic rings. The number of nitrogens with one attached hydrogen (secondary N) is 3. The van der Waals surface area contributed by atoms with E-state index in [-0.39, 0.29) is 0 Å². The molecule has 1 aliphatic heterocycles. The van der Waals surface area contributed by atoms with Gasteiger partial charge in [-0.05, 0) is 26.2 Å². The molecule has 0 atom stereocenters. The van der Waals surface area contributed by atoms with Crippen LogP contribution >= 0.6 is 11.6 Å². The number of aromatic nitrogens is 1. The van der Waals surface area contributed by atoms with Gasteiger partial charge in [-0.3, -0.25) is 0 Å². The maximum atomic E-state index is 7.81. The van der Waals surface area contributed by atoms with Crippen molar-refractivity contribution in [3.05, 3.63) is 16.8 Å². The van der Waals surface area contributed by atoms with Crippen LogP contribution < -0.4 is 10.6 Å². The summed E-state index contributed by atoms with van der Waals surface area (Å²) in [7, 11) is 0. The second-order valence-corrected chi connectivity index (χ2v) is 5.63. The molecule has 122 valence electrons. The highest BCUT2D eigenvalue weighted by atomic mass is 35.5. The lowest BCUT2D eigenvalue weighted by Gasteiger charge is -2.27. The summed E-state index contributed by atoms with van der Waals surface area (Å²) in [6.07, 6.45) is 4.13. The molecule has 6 heteroatoms. The summed E-state index contributed by atoms with van der Waals surface area (Å²) in [6.45, 7) is 6.44. The number of nitrogens with zero attached hydrogens (tertiary/aromatic N) is 1. The van der Waals surface area contributed by atoms with Crippen molar-refractivity contribution >= 4 is 29.3 Å². The molecular formula is C16H25ClN4O. The van der Waals surface area contributed by atoms with E-state index in [2.05, 4.69) is 22.5 Å². The number of aryl methyl sites for hydroxylation is 1. The molecule has 0 amide bonds. The molecule has 0 unspecified atom stereocenters. The predicted octanol–water partition coefficient (Wildman–Crippen LogP) is 3.40. The highest BCUT2D eigenvalue weighted by Crippen LogP contribution is 2.31. The standard InChI is InChI=1S/C16H25ClN4O/c1-3-14-12(9-17)15(20-11-5-7-22-8-6-11)13(10-18)16(21-14)19-4-2/h10-11,18H,3-9H2,1-2H3,(H2,19,20,21). The van der Waals surface area contributed by atoms with E-state index in [1.165, 1.54) is 6.21 Å². The molecule has 5 nitrogen and oxygen atoms in total. The van der Waals surface area contributed by atoms with Gasteiger partial charge < -0.3 is 20.8 Å². The average molecular weight is 325 g/mol. The molecule has 1 saturated heterocycles. The van der Waals surface area contributed by atoms with Crippen molar-refractivity contribution in [3.8, 4) is 0 Å². The van der Waals surface area contributed by atoms with Crippen molar-refractivity contribution in [2.24, 2.45) is 0 Å². The Labute approximate surface area is 137 Å². The van der Waals surface area contributed by atoms with Crippen LogP contribution in [0.4, 0.5) is 11.5 Å². The van der Waals surface area contributed by atoms with Crippen molar-refractivity contribution < 1.29 is 4.74 Å². The maximum absolute atomic E-state index is 7.81. The van der Waals surface area contributed by atoms with Gasteiger partial charge in [-0.1, -0.05) is 6.92 Å². The first-order valence-electron chi connectivity index (χ1n) is 7.95. The van der Waals surface area contributed by atoms with Crippen LogP contribution in [0.25, 0.3) is 0 Å². The molecule has 0 radical (unpaired) electrons. The highest BCUT2D eigenvalue weighted by Gasteiger charge is 2.21. The first-order valence-corrected chi connectivity index (χ1v) is 8.48. The van der Waals surface area contributed by atoms with Crippen LogP contribution in [0, 0.1) is 5.41 Å². The summed E-state index contributed by atoms with van der Waals surface area (Å²) in [5, 5.41) is 14.7. The zero-order chi connectivity index (χ0) is 15.9. The molecule has 1 aromatic heterocycles. The summed E-state index contributed by atoms with van der Waals surface area (Å²) >= 11 is 6.19. The quantitative estimate of drug-likeness (QED) is 0.531. The minimum Gasteiger partial charge on any atom is -0.381 e. The lowest BCUT2D eigenvalue weighted by Crippen LogP contribution is -2.29. The van der Waals surface area contributed by atoms with Crippen LogP contribution in [-0.4, -0.2) is 37.0 Å². The van der Waals surface area contributed by atoms with Gasteiger partial charge in [0.2, 0.25) is 0 Å². The number of rotatable bonds is 7. The molecule has 2 rings (SSSR count). The smallest absolute Gasteiger partial charge is 0.137 e. The van der Waals surface area contributed by atoms with E-state index < -0.39 is 0 Å². The third-order valence-corrected chi connectivity index (χ3v) is 4.22. The Morgan fingerprint density at radius 1 is 1.36 bits per heavy atom. The number of pyridine rings is 1. The van der Waals surface area contributed by atoms with Crippen LogP contribution in [0.1, 0.15) is 43.5 Å². The van der Waals surface area contributed by atoms with E-state index in [1.807, 2.05) is 6.92 Å². The van der Waals surface area contributed by atoms with E-state index in [0.717, 1.165) is 67.3 Å². The third kappa shape index (κ3) is 3.70. The molecule has 1 fully saturated rings. The molecule has 2 heterocycles. The van der Waals surface area contributed by atoms with Gasteiger partial charge in [0.1, 0.15) is 5.82 Å². The van der Waals surface area contributed by atoms with Crippen molar-refractivity contribution in [3.63, 3.8) is 0 Å². The number of hydrogen-bond donors (Lipinski definition) is 3. The van der Waals surface area contributed by atoms with Crippen LogP contribution in [0.3, 0.4) is 0 Å². The van der Waals surface area contributed by atoms with Gasteiger partial charge in [0.15, 0.2) is 0 Å². The van der Waals surface area contributed by atoms with Gasteiger partial charge in [-0.15, -0.1) is 11.6 Å². The van der Waals surface area contributed by atoms with E-state index in [9.17, 15) is 0 Å². The zero-order valence-electron chi connectivity index (χ0n) is 13.3. The molecule has 0 saturated carbocycles. The van der Waals surface area contributed by atoms with Crippen molar-refractivity contribution in [2.75, 3.05) is 30.4 Å². The number of alkyl halides is 1. The molecule has 0 spiro atoms. The van der Waals surface area contributed by atoms with Crippen LogP contribution in [-0.2, 0) is 17.0 Å². The van der Waals surface area contributed by atoms with Crippen molar-refractivity contribution in [2.45, 2.75) is 45.0 Å². The minimum absolute atomic E-state index is 0.357. The van der Waals surface area contributed by atoms with Gasteiger partial charge in [0.25, 0.3) is 0 Å². The Hall–Kier alpha value is -1.33. The molecule has 3 N–H and O–H groups in total. The number of ether oxygens (including phenoxy) is 1. The van der Waals surface area contributed by atoms with Gasteiger partial charge in [-0.2, -0.15) is 0 Å². The molecule has 0 aromatic carbocycles. The topological polar surface area (TPSA) is 70.0 Å². The minimum atomic E-state index is 0.357. The summed E-state index contributed by atoms with van der Waals surface area (Å²) in [4.78, 5) is 4.66. The zero-order valence-corrected chi connectivity index (χ0v) is 14.1. The Kier molecular flexibility index (Phi) is 6.46. The van der Waals surface area contributed by atoms with E-state index >= 15 is 0 Å². The Morgan fingerprint density at radius 2 is 2.09 bits per heavy atom. The third-order valence-electron chi connectivity index (χ3n) is 3.95. The summed E-state index contributed by atoms with van der Waals surface area (Å²) in [6, 6.07) is 0.357. The van der Waals surface area contributed by atoms with Crippen LogP contribution in [0.2, 0.25) is 0 Å². The Balaban J connectivity index is 2.45. The monoisotopic (exact) mass is 324 g/mol. The summed E-state index contributed by atoms with van der Waals surface area (Å²) in [5.41, 5.74) is 3.75. The fraction of sp³-hybridized carbons (Fsp3) is 0.625. The molecule has 0 aliphatic carbocycles. The number of halogens is 1. The van der Waals surface area contributed by atoms with Crippen molar-refractivity contribution in [1.82, 2.24) is 4.98 Å². The second-order valence-electron chi connectivity index (χ2n) is 5.37. The average Bonchev–Trinajstić information content (AvgIpc) is 2.55. The highest BCUT2D eigenvalue weighted by molar-refractivity contribution is 6.17. The first-order chi connectivity index (χ1) is 10.7. The summed E-state index contributed by atoms with van der Waals surface area (Å²) < 4.78 is 5.42. The van der Waals surface area contributed by atoms with Crippen molar-refractivity contribution in [1.29, 1.82) is 5.41 Å². The molecule has 0 bridgehead atoms. The van der Waals surface area contributed by atoms with Crippen LogP contribution in [0.5, 0.6) is 0 Å². The van der Waals surface area contributed by atoms with Gasteiger partial charge >= 0.3 is 0 Å². The van der Waals surface area contributed by atoms with Gasteiger partial charge in [0.05, 0.1) is 17.1 Å². The van der Waals surface area contributed by atoms with Gasteiger partial charge in [0, 0.05) is 43.3 Å². The van der Waals surface area contributed by atoms with E-state index in [0.29, 0.717) is 11.9 Å². The maximum Gasteiger partial charge on any atom is 0.137 e. The lowest BCUT2D eigenvalue weighted by atomic mass is 10.0. The lowest BCUT2D eigenvalue weighted by molar-refractivity contribution is 0.0904. The number of anilines is 2. The second kappa shape index (κ2) is 8.34. The number of hydrogen-bond acceptors (Lipinski definition) is 5. The van der Waals surface area contributed by atoms with E-state index in [4.69, 9.17) is 21.7 Å². The van der Waals surface area contributed by atoms with Gasteiger partial charge in [-0.25, -0.2) is 4.98 Å².